The zero-order valence-corrected chi connectivity index (χ0v) is 15.9. The maximum absolute atomic E-state index is 12.2. The second-order valence-electron chi connectivity index (χ2n) is 6.87. The third-order valence-corrected chi connectivity index (χ3v) is 5.79. The third-order valence-electron chi connectivity index (χ3n) is 4.85. The van der Waals surface area contributed by atoms with E-state index >= 15 is 0 Å². The molecule has 140 valence electrons. The number of pyridine rings is 1. The number of aliphatic hydroxyl groups is 1. The SMILES string of the molecule is COCC(=O)NC1C(c2cccs2)N(Cc2ccncc2)CCC1(C)O. The van der Waals surface area contributed by atoms with Gasteiger partial charge in [0.2, 0.25) is 5.91 Å². The van der Waals surface area contributed by atoms with Crippen molar-refractivity contribution in [3.63, 3.8) is 0 Å². The van der Waals surface area contributed by atoms with Crippen LogP contribution in [0.15, 0.2) is 42.0 Å². The molecular formula is C19H25N3O3S. The van der Waals surface area contributed by atoms with E-state index in [2.05, 4.69) is 21.3 Å². The number of carbonyl (C=O) groups is 1. The topological polar surface area (TPSA) is 74.7 Å². The molecule has 6 nitrogen and oxygen atoms in total. The van der Waals surface area contributed by atoms with Crippen LogP contribution in [0.2, 0.25) is 0 Å². The number of ether oxygens (including phenoxy) is 1. The second-order valence-corrected chi connectivity index (χ2v) is 7.85. The summed E-state index contributed by atoms with van der Waals surface area (Å²) in [6.45, 7) is 3.26. The van der Waals surface area contributed by atoms with Gasteiger partial charge in [-0.2, -0.15) is 0 Å². The number of carbonyl (C=O) groups excluding carboxylic acids is 1. The Hall–Kier alpha value is -1.80. The first kappa shape index (κ1) is 19.0. The van der Waals surface area contributed by atoms with Crippen molar-refractivity contribution in [2.45, 2.75) is 37.6 Å². The van der Waals surface area contributed by atoms with Crippen molar-refractivity contribution < 1.29 is 14.6 Å². The number of hydrogen-bond donors (Lipinski definition) is 2. The fourth-order valence-electron chi connectivity index (χ4n) is 3.50. The predicted molar refractivity (Wildman–Crippen MR) is 101 cm³/mol. The fourth-order valence-corrected chi connectivity index (χ4v) is 4.40. The van der Waals surface area contributed by atoms with Crippen molar-refractivity contribution in [2.24, 2.45) is 0 Å². The molecule has 3 atom stereocenters. The van der Waals surface area contributed by atoms with E-state index in [1.54, 1.807) is 30.7 Å². The van der Waals surface area contributed by atoms with E-state index < -0.39 is 11.6 Å². The van der Waals surface area contributed by atoms with Crippen LogP contribution in [0, 0.1) is 0 Å². The smallest absolute Gasteiger partial charge is 0.246 e. The average molecular weight is 375 g/mol. The van der Waals surface area contributed by atoms with E-state index in [1.807, 2.05) is 23.6 Å². The Morgan fingerprint density at radius 2 is 2.23 bits per heavy atom. The van der Waals surface area contributed by atoms with Crippen molar-refractivity contribution in [1.29, 1.82) is 0 Å². The van der Waals surface area contributed by atoms with Crippen LogP contribution in [0.3, 0.4) is 0 Å². The van der Waals surface area contributed by atoms with E-state index in [9.17, 15) is 9.90 Å². The minimum Gasteiger partial charge on any atom is -0.388 e. The molecule has 3 unspecified atom stereocenters. The molecule has 1 saturated heterocycles. The standard InChI is InChI=1S/C19H25N3O3S/c1-19(24)7-10-22(12-14-5-8-20-9-6-14)17(15-4-3-11-26-15)18(19)21-16(23)13-25-2/h3-6,8-9,11,17-18,24H,7,10,12-13H2,1-2H3,(H,21,23). The lowest BCUT2D eigenvalue weighted by atomic mass is 9.81. The number of likely N-dealkylation sites (tertiary alicyclic amines) is 1. The van der Waals surface area contributed by atoms with E-state index in [-0.39, 0.29) is 18.6 Å². The second kappa shape index (κ2) is 8.26. The van der Waals surface area contributed by atoms with Crippen LogP contribution < -0.4 is 5.32 Å². The molecule has 1 fully saturated rings. The Labute approximate surface area is 157 Å². The van der Waals surface area contributed by atoms with E-state index in [1.165, 1.54) is 7.11 Å². The van der Waals surface area contributed by atoms with Gasteiger partial charge in [-0.15, -0.1) is 11.3 Å². The summed E-state index contributed by atoms with van der Waals surface area (Å²) in [6, 6.07) is 7.54. The van der Waals surface area contributed by atoms with Gasteiger partial charge in [0.1, 0.15) is 6.61 Å². The summed E-state index contributed by atoms with van der Waals surface area (Å²) in [6.07, 6.45) is 4.15. The highest BCUT2D eigenvalue weighted by molar-refractivity contribution is 7.10. The minimum absolute atomic E-state index is 0.0197. The summed E-state index contributed by atoms with van der Waals surface area (Å²) in [7, 11) is 1.49. The number of aromatic nitrogens is 1. The highest BCUT2D eigenvalue weighted by atomic mass is 32.1. The van der Waals surface area contributed by atoms with Gasteiger partial charge in [-0.1, -0.05) is 6.07 Å². The summed E-state index contributed by atoms with van der Waals surface area (Å²) >= 11 is 1.64. The first-order valence-electron chi connectivity index (χ1n) is 8.68. The van der Waals surface area contributed by atoms with Gasteiger partial charge in [0.15, 0.2) is 0 Å². The lowest BCUT2D eigenvalue weighted by Crippen LogP contribution is -2.62. The largest absolute Gasteiger partial charge is 0.388 e. The highest BCUT2D eigenvalue weighted by Gasteiger charge is 2.46. The Bertz CT molecular complexity index is 706. The van der Waals surface area contributed by atoms with Crippen molar-refractivity contribution >= 4 is 17.2 Å². The molecule has 2 aromatic rings. The van der Waals surface area contributed by atoms with Gasteiger partial charge in [-0.3, -0.25) is 14.7 Å². The zero-order valence-electron chi connectivity index (χ0n) is 15.1. The van der Waals surface area contributed by atoms with Crippen molar-refractivity contribution in [3.8, 4) is 0 Å². The molecule has 0 saturated carbocycles. The molecule has 0 aromatic carbocycles. The van der Waals surface area contributed by atoms with Gasteiger partial charge >= 0.3 is 0 Å². The fraction of sp³-hybridized carbons (Fsp3) is 0.474. The average Bonchev–Trinajstić information content (AvgIpc) is 3.13. The summed E-state index contributed by atoms with van der Waals surface area (Å²) in [4.78, 5) is 19.7. The van der Waals surface area contributed by atoms with Crippen LogP contribution in [0.5, 0.6) is 0 Å². The Kier molecular flexibility index (Phi) is 6.03. The normalized spacial score (nSPS) is 26.6. The summed E-state index contributed by atoms with van der Waals surface area (Å²) in [5, 5.41) is 16.0. The lowest BCUT2D eigenvalue weighted by molar-refractivity contribution is -0.132. The van der Waals surface area contributed by atoms with Gasteiger partial charge < -0.3 is 15.2 Å². The van der Waals surface area contributed by atoms with E-state index in [0.29, 0.717) is 6.42 Å². The Morgan fingerprint density at radius 1 is 1.46 bits per heavy atom. The van der Waals surface area contributed by atoms with Crippen LogP contribution in [0.4, 0.5) is 0 Å². The van der Waals surface area contributed by atoms with Crippen LogP contribution in [0.1, 0.15) is 29.8 Å². The van der Waals surface area contributed by atoms with Crippen molar-refractivity contribution in [1.82, 2.24) is 15.2 Å². The van der Waals surface area contributed by atoms with Crippen LogP contribution in [-0.4, -0.2) is 52.8 Å². The van der Waals surface area contributed by atoms with Crippen LogP contribution in [0.25, 0.3) is 0 Å². The van der Waals surface area contributed by atoms with E-state index in [4.69, 9.17) is 4.74 Å². The number of thiophene rings is 1. The third kappa shape index (κ3) is 4.29. The summed E-state index contributed by atoms with van der Waals surface area (Å²) < 4.78 is 4.95. The number of nitrogens with one attached hydrogen (secondary N) is 1. The van der Waals surface area contributed by atoms with Gasteiger partial charge in [0.25, 0.3) is 0 Å². The maximum atomic E-state index is 12.2. The molecule has 0 bridgehead atoms. The molecule has 1 aliphatic rings. The maximum Gasteiger partial charge on any atom is 0.246 e. The molecule has 0 radical (unpaired) electrons. The minimum atomic E-state index is -0.993. The number of hydrogen-bond acceptors (Lipinski definition) is 6. The first-order valence-corrected chi connectivity index (χ1v) is 9.56. The Morgan fingerprint density at radius 3 is 2.88 bits per heavy atom. The zero-order chi connectivity index (χ0) is 18.6. The number of nitrogens with zero attached hydrogens (tertiary/aromatic N) is 2. The van der Waals surface area contributed by atoms with Crippen LogP contribution in [-0.2, 0) is 16.1 Å². The van der Waals surface area contributed by atoms with Gasteiger partial charge in [0.05, 0.1) is 17.7 Å². The quantitative estimate of drug-likeness (QED) is 0.807. The summed E-state index contributed by atoms with van der Waals surface area (Å²) in [5.41, 5.74) is 0.164. The van der Waals surface area contributed by atoms with Crippen molar-refractivity contribution in [3.05, 3.63) is 52.5 Å². The van der Waals surface area contributed by atoms with Gasteiger partial charge in [-0.05, 0) is 42.5 Å². The van der Waals surface area contributed by atoms with E-state index in [0.717, 1.165) is 23.5 Å². The van der Waals surface area contributed by atoms with Crippen LogP contribution >= 0.6 is 11.3 Å². The molecule has 1 amide bonds. The number of amides is 1. The number of rotatable bonds is 6. The molecule has 7 heteroatoms. The molecule has 2 N–H and O–H groups in total. The molecule has 0 spiro atoms. The molecule has 2 aromatic heterocycles. The number of piperidine rings is 1. The Balaban J connectivity index is 1.90. The molecule has 0 aliphatic carbocycles. The molecule has 3 heterocycles. The molecular weight excluding hydrogens is 350 g/mol. The monoisotopic (exact) mass is 375 g/mol. The first-order chi connectivity index (χ1) is 12.5. The molecule has 1 aliphatic heterocycles. The molecule has 26 heavy (non-hydrogen) atoms. The predicted octanol–water partition coefficient (Wildman–Crippen LogP) is 1.97. The van der Waals surface area contributed by atoms with Gasteiger partial charge in [-0.25, -0.2) is 0 Å². The summed E-state index contributed by atoms with van der Waals surface area (Å²) in [5.74, 6) is -0.218. The van der Waals surface area contributed by atoms with Gasteiger partial charge in [0, 0.05) is 37.5 Å². The highest BCUT2D eigenvalue weighted by Crippen LogP contribution is 2.39. The molecule has 3 rings (SSSR count). The van der Waals surface area contributed by atoms with Crippen molar-refractivity contribution in [2.75, 3.05) is 20.3 Å². The number of methoxy groups -OCH3 is 1. The lowest BCUT2D eigenvalue weighted by Gasteiger charge is -2.48.